The molecular formula is C29H39FN2O4. The zero-order chi connectivity index (χ0) is 26.3. The second-order valence-corrected chi connectivity index (χ2v) is 10.8. The molecule has 7 heteroatoms. The number of rotatable bonds is 10. The first-order valence-electron chi connectivity index (χ1n) is 12.7. The SMILES string of the molecule is CCCCCC1(c2ccc(F)cc2)CN(C(=O)[C@@H](Cc2ccc(OC)cc2)OC(=O)NC(C)(C)C)C1. The smallest absolute Gasteiger partial charge is 0.408 e. The summed E-state index contributed by atoms with van der Waals surface area (Å²) in [4.78, 5) is 27.9. The molecule has 0 saturated carbocycles. The fourth-order valence-electron chi connectivity index (χ4n) is 4.67. The Morgan fingerprint density at radius 3 is 2.25 bits per heavy atom. The second-order valence-electron chi connectivity index (χ2n) is 10.8. The molecule has 2 aromatic carbocycles. The summed E-state index contributed by atoms with van der Waals surface area (Å²) >= 11 is 0. The van der Waals surface area contributed by atoms with E-state index in [4.69, 9.17) is 9.47 Å². The minimum atomic E-state index is -0.956. The number of hydrogen-bond acceptors (Lipinski definition) is 4. The molecule has 1 saturated heterocycles. The van der Waals surface area contributed by atoms with Crippen LogP contribution < -0.4 is 10.1 Å². The monoisotopic (exact) mass is 498 g/mol. The Hall–Kier alpha value is -3.09. The summed E-state index contributed by atoms with van der Waals surface area (Å²) in [7, 11) is 1.60. The molecule has 1 aliphatic rings. The number of methoxy groups -OCH3 is 1. The number of alkyl carbamates (subject to hydrolysis) is 1. The number of likely N-dealkylation sites (tertiary alicyclic amines) is 1. The van der Waals surface area contributed by atoms with Crippen LogP contribution in [0.4, 0.5) is 9.18 Å². The molecule has 0 bridgehead atoms. The molecule has 1 atom stereocenters. The highest BCUT2D eigenvalue weighted by Gasteiger charge is 2.47. The summed E-state index contributed by atoms with van der Waals surface area (Å²) in [6, 6.07) is 14.0. The predicted octanol–water partition coefficient (Wildman–Crippen LogP) is 5.63. The van der Waals surface area contributed by atoms with Crippen LogP contribution in [-0.4, -0.2) is 48.7 Å². The van der Waals surface area contributed by atoms with Crippen molar-refractivity contribution in [3.8, 4) is 5.75 Å². The van der Waals surface area contributed by atoms with Gasteiger partial charge < -0.3 is 19.7 Å². The van der Waals surface area contributed by atoms with Crippen molar-refractivity contribution in [1.29, 1.82) is 0 Å². The molecule has 6 nitrogen and oxygen atoms in total. The van der Waals surface area contributed by atoms with E-state index in [0.29, 0.717) is 18.8 Å². The van der Waals surface area contributed by atoms with E-state index in [0.717, 1.165) is 36.8 Å². The van der Waals surface area contributed by atoms with Gasteiger partial charge in [-0.15, -0.1) is 0 Å². The Kier molecular flexibility index (Phi) is 8.98. The van der Waals surface area contributed by atoms with Crippen molar-refractivity contribution >= 4 is 12.0 Å². The maximum absolute atomic E-state index is 13.6. The van der Waals surface area contributed by atoms with Gasteiger partial charge in [0.05, 0.1) is 7.11 Å². The Labute approximate surface area is 214 Å². The van der Waals surface area contributed by atoms with Crippen LogP contribution in [0.3, 0.4) is 0 Å². The Morgan fingerprint density at radius 2 is 1.69 bits per heavy atom. The summed E-state index contributed by atoms with van der Waals surface area (Å²) in [6.07, 6.45) is 2.84. The van der Waals surface area contributed by atoms with Gasteiger partial charge in [-0.05, 0) is 62.6 Å². The average molecular weight is 499 g/mol. The van der Waals surface area contributed by atoms with Crippen molar-refractivity contribution < 1.29 is 23.5 Å². The van der Waals surface area contributed by atoms with E-state index in [1.807, 2.05) is 57.2 Å². The molecule has 0 unspecified atom stereocenters. The molecule has 0 spiro atoms. The van der Waals surface area contributed by atoms with E-state index in [-0.39, 0.29) is 23.6 Å². The topological polar surface area (TPSA) is 67.9 Å². The summed E-state index contributed by atoms with van der Waals surface area (Å²) in [5.74, 6) is 0.225. The third-order valence-electron chi connectivity index (χ3n) is 6.60. The van der Waals surface area contributed by atoms with Crippen LogP contribution in [0.25, 0.3) is 0 Å². The number of ether oxygens (including phenoxy) is 2. The zero-order valence-electron chi connectivity index (χ0n) is 22.1. The summed E-state index contributed by atoms with van der Waals surface area (Å²) < 4.78 is 24.5. The number of hydrogen-bond donors (Lipinski definition) is 1. The van der Waals surface area contributed by atoms with Gasteiger partial charge in [0, 0.05) is 30.5 Å². The van der Waals surface area contributed by atoms with E-state index in [2.05, 4.69) is 12.2 Å². The predicted molar refractivity (Wildman–Crippen MR) is 139 cm³/mol. The van der Waals surface area contributed by atoms with Gasteiger partial charge in [-0.25, -0.2) is 9.18 Å². The van der Waals surface area contributed by atoms with E-state index in [9.17, 15) is 14.0 Å². The fraction of sp³-hybridized carbons (Fsp3) is 0.517. The molecule has 1 fully saturated rings. The van der Waals surface area contributed by atoms with Gasteiger partial charge in [0.1, 0.15) is 11.6 Å². The third-order valence-corrected chi connectivity index (χ3v) is 6.60. The first-order valence-corrected chi connectivity index (χ1v) is 12.7. The normalized spacial score (nSPS) is 15.6. The van der Waals surface area contributed by atoms with Crippen molar-refractivity contribution in [1.82, 2.24) is 10.2 Å². The van der Waals surface area contributed by atoms with Gasteiger partial charge >= 0.3 is 6.09 Å². The maximum Gasteiger partial charge on any atom is 0.408 e. The fourth-order valence-corrected chi connectivity index (χ4v) is 4.67. The minimum absolute atomic E-state index is 0.211. The molecule has 1 heterocycles. The van der Waals surface area contributed by atoms with E-state index < -0.39 is 17.7 Å². The second kappa shape index (κ2) is 11.8. The maximum atomic E-state index is 13.6. The highest BCUT2D eigenvalue weighted by atomic mass is 19.1. The quantitative estimate of drug-likeness (QED) is 0.431. The first kappa shape index (κ1) is 27.5. The molecule has 1 N–H and O–H groups in total. The lowest BCUT2D eigenvalue weighted by Gasteiger charge is -2.51. The largest absolute Gasteiger partial charge is 0.497 e. The molecule has 196 valence electrons. The van der Waals surface area contributed by atoms with Crippen LogP contribution in [0.5, 0.6) is 5.75 Å². The Balaban J connectivity index is 1.77. The van der Waals surface area contributed by atoms with Crippen molar-refractivity contribution in [3.63, 3.8) is 0 Å². The Morgan fingerprint density at radius 1 is 1.06 bits per heavy atom. The molecule has 2 amide bonds. The van der Waals surface area contributed by atoms with Crippen molar-refractivity contribution in [2.75, 3.05) is 20.2 Å². The minimum Gasteiger partial charge on any atom is -0.497 e. The van der Waals surface area contributed by atoms with E-state index in [1.54, 1.807) is 12.0 Å². The van der Waals surface area contributed by atoms with Gasteiger partial charge in [-0.2, -0.15) is 0 Å². The van der Waals surface area contributed by atoms with Crippen LogP contribution in [0.15, 0.2) is 48.5 Å². The van der Waals surface area contributed by atoms with Crippen LogP contribution in [-0.2, 0) is 21.4 Å². The first-order chi connectivity index (χ1) is 17.0. The number of unbranched alkanes of at least 4 members (excludes halogenated alkanes) is 2. The lowest BCUT2D eigenvalue weighted by Crippen LogP contribution is -2.63. The third kappa shape index (κ3) is 7.21. The standard InChI is InChI=1S/C29H39FN2O4/c1-6-7-8-17-29(22-11-13-23(30)14-12-22)19-32(20-29)26(33)25(36-27(34)31-28(2,3)4)18-21-9-15-24(35-5)16-10-21/h9-16,25H,6-8,17-20H2,1-5H3,(H,31,34)/t25-/m1/s1. The molecule has 0 aliphatic carbocycles. The highest BCUT2D eigenvalue weighted by Crippen LogP contribution is 2.40. The van der Waals surface area contributed by atoms with Gasteiger partial charge in [0.25, 0.3) is 5.91 Å². The van der Waals surface area contributed by atoms with Gasteiger partial charge in [0.15, 0.2) is 6.10 Å². The Bertz CT molecular complexity index is 1010. The van der Waals surface area contributed by atoms with Crippen LogP contribution >= 0.6 is 0 Å². The van der Waals surface area contributed by atoms with Gasteiger partial charge in [0.2, 0.25) is 0 Å². The molecular weight excluding hydrogens is 459 g/mol. The van der Waals surface area contributed by atoms with Crippen LogP contribution in [0.2, 0.25) is 0 Å². The lowest BCUT2D eigenvalue weighted by molar-refractivity contribution is -0.148. The van der Waals surface area contributed by atoms with E-state index >= 15 is 0 Å². The number of benzene rings is 2. The molecule has 0 radical (unpaired) electrons. The lowest BCUT2D eigenvalue weighted by atomic mass is 9.70. The molecule has 0 aromatic heterocycles. The van der Waals surface area contributed by atoms with Crippen LogP contribution in [0.1, 0.15) is 64.5 Å². The summed E-state index contributed by atoms with van der Waals surface area (Å²) in [5.41, 5.74) is 1.21. The highest BCUT2D eigenvalue weighted by molar-refractivity contribution is 5.85. The number of carbonyl (C=O) groups excluding carboxylic acids is 2. The van der Waals surface area contributed by atoms with Crippen molar-refractivity contribution in [2.45, 2.75) is 76.9 Å². The van der Waals surface area contributed by atoms with Gasteiger partial charge in [-0.3, -0.25) is 4.79 Å². The molecule has 1 aliphatic heterocycles. The number of halogens is 1. The molecule has 2 aromatic rings. The van der Waals surface area contributed by atoms with Crippen molar-refractivity contribution in [2.24, 2.45) is 0 Å². The number of nitrogens with one attached hydrogen (secondary N) is 1. The zero-order valence-corrected chi connectivity index (χ0v) is 22.1. The average Bonchev–Trinajstić information content (AvgIpc) is 2.80. The summed E-state index contributed by atoms with van der Waals surface area (Å²) in [5, 5.41) is 2.78. The number of amides is 2. The number of nitrogens with zero attached hydrogens (tertiary/aromatic N) is 1. The number of carbonyl (C=O) groups is 2. The molecule has 36 heavy (non-hydrogen) atoms. The van der Waals surface area contributed by atoms with E-state index in [1.165, 1.54) is 12.1 Å². The molecule has 3 rings (SSSR count). The van der Waals surface area contributed by atoms with Crippen LogP contribution in [0, 0.1) is 5.82 Å². The van der Waals surface area contributed by atoms with Crippen molar-refractivity contribution in [3.05, 3.63) is 65.5 Å². The summed E-state index contributed by atoms with van der Waals surface area (Å²) in [6.45, 7) is 8.77. The van der Waals surface area contributed by atoms with Gasteiger partial charge in [-0.1, -0.05) is 50.5 Å².